The van der Waals surface area contributed by atoms with E-state index in [0.29, 0.717) is 18.8 Å². The fraction of sp³-hybridized carbons (Fsp3) is 0.267. The maximum Gasteiger partial charge on any atom is 0.250 e. The van der Waals surface area contributed by atoms with Crippen LogP contribution in [0.3, 0.4) is 0 Å². The molecular weight excluding hydrogens is 256 g/mol. The van der Waals surface area contributed by atoms with Gasteiger partial charge < -0.3 is 19.4 Å². The van der Waals surface area contributed by atoms with Crippen LogP contribution in [0.25, 0.3) is 0 Å². The molecule has 1 aromatic heterocycles. The predicted molar refractivity (Wildman–Crippen MR) is 78.7 cm³/mol. The van der Waals surface area contributed by atoms with E-state index in [0.717, 1.165) is 11.4 Å². The first-order chi connectivity index (χ1) is 9.74. The second-order valence-corrected chi connectivity index (χ2v) is 4.23. The van der Waals surface area contributed by atoms with Gasteiger partial charge in [0.25, 0.3) is 5.56 Å². The molecule has 0 aliphatic heterocycles. The van der Waals surface area contributed by atoms with Crippen LogP contribution in [0.15, 0.2) is 47.4 Å². The number of aromatic nitrogens is 1. The molecule has 0 aliphatic carbocycles. The Bertz CT molecular complexity index is 623. The van der Waals surface area contributed by atoms with Gasteiger partial charge in [0.15, 0.2) is 0 Å². The molecule has 1 N–H and O–H groups in total. The van der Waals surface area contributed by atoms with E-state index in [4.69, 9.17) is 9.47 Å². The first-order valence-corrected chi connectivity index (χ1v) is 6.36. The van der Waals surface area contributed by atoms with Gasteiger partial charge in [-0.25, -0.2) is 0 Å². The van der Waals surface area contributed by atoms with Gasteiger partial charge in [-0.15, -0.1) is 0 Å². The Balaban J connectivity index is 2.01. The molecule has 0 radical (unpaired) electrons. The number of pyridine rings is 1. The quantitative estimate of drug-likeness (QED) is 0.875. The highest BCUT2D eigenvalue weighted by Gasteiger charge is 2.04. The summed E-state index contributed by atoms with van der Waals surface area (Å²) in [5, 5.41) is 3.25. The van der Waals surface area contributed by atoms with E-state index in [-0.39, 0.29) is 5.56 Å². The van der Waals surface area contributed by atoms with E-state index in [1.54, 1.807) is 37.1 Å². The van der Waals surface area contributed by atoms with E-state index >= 15 is 0 Å². The van der Waals surface area contributed by atoms with Crippen LogP contribution >= 0.6 is 0 Å². The number of ether oxygens (including phenoxy) is 2. The van der Waals surface area contributed by atoms with Gasteiger partial charge in [0.1, 0.15) is 11.5 Å². The van der Waals surface area contributed by atoms with Crippen LogP contribution in [0, 0.1) is 0 Å². The summed E-state index contributed by atoms with van der Waals surface area (Å²) in [6.07, 6.45) is 1.77. The Hall–Kier alpha value is -2.43. The monoisotopic (exact) mass is 274 g/mol. The zero-order valence-electron chi connectivity index (χ0n) is 11.6. The summed E-state index contributed by atoms with van der Waals surface area (Å²) in [5.74, 6) is 1.46. The van der Waals surface area contributed by atoms with Crippen LogP contribution in [0.1, 0.15) is 0 Å². The van der Waals surface area contributed by atoms with Crippen molar-refractivity contribution in [3.63, 3.8) is 0 Å². The number of anilines is 1. The Morgan fingerprint density at radius 2 is 2.00 bits per heavy atom. The molecule has 0 saturated heterocycles. The molecule has 0 aliphatic rings. The summed E-state index contributed by atoms with van der Waals surface area (Å²) in [5.41, 5.74) is 0.869. The molecule has 2 rings (SSSR count). The van der Waals surface area contributed by atoms with Crippen molar-refractivity contribution in [1.29, 1.82) is 0 Å². The first-order valence-electron chi connectivity index (χ1n) is 6.36. The van der Waals surface area contributed by atoms with Gasteiger partial charge in [0, 0.05) is 31.4 Å². The second-order valence-electron chi connectivity index (χ2n) is 4.23. The molecular formula is C15H18N2O3. The maximum absolute atomic E-state index is 11.6. The van der Waals surface area contributed by atoms with Crippen molar-refractivity contribution in [2.75, 3.05) is 26.1 Å². The molecule has 106 valence electrons. The fourth-order valence-electron chi connectivity index (χ4n) is 1.90. The lowest BCUT2D eigenvalue weighted by Gasteiger charge is -2.13. The number of benzene rings is 1. The van der Waals surface area contributed by atoms with Gasteiger partial charge >= 0.3 is 0 Å². The molecule has 2 aromatic rings. The summed E-state index contributed by atoms with van der Waals surface area (Å²) in [7, 11) is 3.23. The zero-order chi connectivity index (χ0) is 14.4. The molecule has 0 atom stereocenters. The zero-order valence-corrected chi connectivity index (χ0v) is 11.6. The predicted octanol–water partition coefficient (Wildman–Crippen LogP) is 1.98. The van der Waals surface area contributed by atoms with Crippen molar-refractivity contribution in [3.05, 3.63) is 52.9 Å². The smallest absolute Gasteiger partial charge is 0.250 e. The molecule has 5 heteroatoms. The fourth-order valence-corrected chi connectivity index (χ4v) is 1.90. The summed E-state index contributed by atoms with van der Waals surface area (Å²) < 4.78 is 12.1. The molecule has 0 saturated carbocycles. The van der Waals surface area contributed by atoms with Crippen LogP contribution in [0.4, 0.5) is 5.69 Å². The maximum atomic E-state index is 11.6. The van der Waals surface area contributed by atoms with Gasteiger partial charge in [-0.3, -0.25) is 4.79 Å². The van der Waals surface area contributed by atoms with E-state index in [9.17, 15) is 4.79 Å². The Labute approximate surface area is 117 Å². The highest BCUT2D eigenvalue weighted by atomic mass is 16.5. The molecule has 0 bridgehead atoms. The summed E-state index contributed by atoms with van der Waals surface area (Å²) in [4.78, 5) is 11.6. The summed E-state index contributed by atoms with van der Waals surface area (Å²) in [6.45, 7) is 1.22. The lowest BCUT2D eigenvalue weighted by molar-refractivity contribution is 0.395. The Morgan fingerprint density at radius 3 is 2.70 bits per heavy atom. The molecule has 1 heterocycles. The summed E-state index contributed by atoms with van der Waals surface area (Å²) in [6, 6.07) is 10.7. The van der Waals surface area contributed by atoms with Gasteiger partial charge in [-0.05, 0) is 18.2 Å². The minimum Gasteiger partial charge on any atom is -0.497 e. The Morgan fingerprint density at radius 1 is 1.15 bits per heavy atom. The van der Waals surface area contributed by atoms with Gasteiger partial charge in [0.2, 0.25) is 0 Å². The lowest BCUT2D eigenvalue weighted by Crippen LogP contribution is -2.22. The van der Waals surface area contributed by atoms with Crippen molar-refractivity contribution in [2.45, 2.75) is 6.54 Å². The third-order valence-corrected chi connectivity index (χ3v) is 2.98. The first kappa shape index (κ1) is 14.0. The van der Waals surface area contributed by atoms with E-state index in [1.165, 1.54) is 0 Å². The Kier molecular flexibility index (Phi) is 4.65. The highest BCUT2D eigenvalue weighted by Crippen LogP contribution is 2.28. The van der Waals surface area contributed by atoms with Crippen molar-refractivity contribution in [1.82, 2.24) is 4.57 Å². The normalized spacial score (nSPS) is 10.1. The molecule has 1 aromatic carbocycles. The third-order valence-electron chi connectivity index (χ3n) is 2.98. The SMILES string of the molecule is COc1ccc(NCCn2ccccc2=O)c(OC)c1. The highest BCUT2D eigenvalue weighted by molar-refractivity contribution is 5.59. The van der Waals surface area contributed by atoms with Crippen molar-refractivity contribution >= 4 is 5.69 Å². The molecule has 0 amide bonds. The van der Waals surface area contributed by atoms with Crippen LogP contribution in [-0.2, 0) is 6.54 Å². The number of hydrogen-bond acceptors (Lipinski definition) is 4. The molecule has 0 spiro atoms. The number of nitrogens with zero attached hydrogens (tertiary/aromatic N) is 1. The van der Waals surface area contributed by atoms with Crippen molar-refractivity contribution < 1.29 is 9.47 Å². The van der Waals surface area contributed by atoms with Crippen LogP contribution in [0.2, 0.25) is 0 Å². The average Bonchev–Trinajstić information content (AvgIpc) is 2.49. The van der Waals surface area contributed by atoms with Crippen LogP contribution in [-0.4, -0.2) is 25.3 Å². The third kappa shape index (κ3) is 3.32. The number of methoxy groups -OCH3 is 2. The minimum absolute atomic E-state index is 0.00371. The largest absolute Gasteiger partial charge is 0.497 e. The lowest BCUT2D eigenvalue weighted by atomic mass is 10.2. The number of hydrogen-bond donors (Lipinski definition) is 1. The van der Waals surface area contributed by atoms with E-state index in [1.807, 2.05) is 24.3 Å². The number of rotatable bonds is 6. The second kappa shape index (κ2) is 6.65. The topological polar surface area (TPSA) is 52.5 Å². The van der Waals surface area contributed by atoms with Gasteiger partial charge in [-0.2, -0.15) is 0 Å². The molecule has 5 nitrogen and oxygen atoms in total. The van der Waals surface area contributed by atoms with Crippen molar-refractivity contribution in [3.8, 4) is 11.5 Å². The van der Waals surface area contributed by atoms with Crippen molar-refractivity contribution in [2.24, 2.45) is 0 Å². The van der Waals surface area contributed by atoms with E-state index < -0.39 is 0 Å². The molecule has 20 heavy (non-hydrogen) atoms. The molecule has 0 unspecified atom stereocenters. The number of nitrogens with one attached hydrogen (secondary N) is 1. The van der Waals surface area contributed by atoms with E-state index in [2.05, 4.69) is 5.32 Å². The minimum atomic E-state index is -0.00371. The van der Waals surface area contributed by atoms with Gasteiger partial charge in [0.05, 0.1) is 19.9 Å². The van der Waals surface area contributed by atoms with Crippen LogP contribution < -0.4 is 20.3 Å². The average molecular weight is 274 g/mol. The molecule has 0 fully saturated rings. The standard InChI is InChI=1S/C15H18N2O3/c1-19-12-6-7-13(14(11-12)20-2)16-8-10-17-9-4-3-5-15(17)18/h3-7,9,11,16H,8,10H2,1-2H3. The summed E-state index contributed by atoms with van der Waals surface area (Å²) >= 11 is 0. The van der Waals surface area contributed by atoms with Crippen LogP contribution in [0.5, 0.6) is 11.5 Å². The van der Waals surface area contributed by atoms with Gasteiger partial charge in [-0.1, -0.05) is 6.07 Å².